The molecular formula is C21H43N. The van der Waals surface area contributed by atoms with Crippen molar-refractivity contribution in [1.29, 1.82) is 0 Å². The molecule has 0 aliphatic carbocycles. The summed E-state index contributed by atoms with van der Waals surface area (Å²) < 4.78 is 0. The largest absolute Gasteiger partial charge is 0.330 e. The Morgan fingerprint density at radius 3 is 1.27 bits per heavy atom. The Kier molecular flexibility index (Phi) is 20.4. The Morgan fingerprint density at radius 1 is 0.500 bits per heavy atom. The van der Waals surface area contributed by atoms with E-state index >= 15 is 0 Å². The zero-order valence-corrected chi connectivity index (χ0v) is 15.5. The molecule has 0 bridgehead atoms. The highest BCUT2D eigenvalue weighted by Gasteiger charge is 1.92. The van der Waals surface area contributed by atoms with E-state index in [1.54, 1.807) is 0 Å². The SMILES string of the molecule is CCCCCCCCCCC/C=C\CCCCCCCCN. The van der Waals surface area contributed by atoms with Crippen molar-refractivity contribution >= 4 is 0 Å². The Labute approximate surface area is 141 Å². The summed E-state index contributed by atoms with van der Waals surface area (Å²) in [7, 11) is 0. The zero-order valence-electron chi connectivity index (χ0n) is 15.5. The molecule has 0 radical (unpaired) electrons. The lowest BCUT2D eigenvalue weighted by Crippen LogP contribution is -1.97. The monoisotopic (exact) mass is 309 g/mol. The molecule has 0 atom stereocenters. The molecule has 0 rings (SSSR count). The number of hydrogen-bond acceptors (Lipinski definition) is 1. The van der Waals surface area contributed by atoms with E-state index in [-0.39, 0.29) is 0 Å². The summed E-state index contributed by atoms with van der Waals surface area (Å²) in [6.45, 7) is 3.15. The highest BCUT2D eigenvalue weighted by atomic mass is 14.5. The van der Waals surface area contributed by atoms with Crippen LogP contribution in [-0.2, 0) is 0 Å². The number of unbranched alkanes of at least 4 members (excludes halogenated alkanes) is 15. The van der Waals surface area contributed by atoms with E-state index in [0.717, 1.165) is 6.54 Å². The number of nitrogens with two attached hydrogens (primary N) is 1. The van der Waals surface area contributed by atoms with Gasteiger partial charge in [0.1, 0.15) is 0 Å². The van der Waals surface area contributed by atoms with E-state index in [0.29, 0.717) is 0 Å². The zero-order chi connectivity index (χ0) is 16.1. The average Bonchev–Trinajstić information content (AvgIpc) is 2.54. The van der Waals surface area contributed by atoms with Crippen LogP contribution in [0, 0.1) is 0 Å². The molecule has 0 aromatic rings. The third-order valence-corrected chi connectivity index (χ3v) is 4.47. The molecule has 2 N–H and O–H groups in total. The molecule has 0 heterocycles. The molecule has 0 fully saturated rings. The Morgan fingerprint density at radius 2 is 0.864 bits per heavy atom. The third kappa shape index (κ3) is 19.7. The molecule has 0 spiro atoms. The molecule has 22 heavy (non-hydrogen) atoms. The minimum Gasteiger partial charge on any atom is -0.330 e. The van der Waals surface area contributed by atoms with Crippen LogP contribution in [0.5, 0.6) is 0 Å². The summed E-state index contributed by atoms with van der Waals surface area (Å²) in [6, 6.07) is 0. The van der Waals surface area contributed by atoms with Gasteiger partial charge < -0.3 is 5.73 Å². The van der Waals surface area contributed by atoms with Gasteiger partial charge in [0.15, 0.2) is 0 Å². The lowest BCUT2D eigenvalue weighted by atomic mass is 10.1. The molecule has 0 aromatic heterocycles. The summed E-state index contributed by atoms with van der Waals surface area (Å²) in [5.74, 6) is 0. The van der Waals surface area contributed by atoms with E-state index < -0.39 is 0 Å². The summed E-state index contributed by atoms with van der Waals surface area (Å²) in [6.07, 6.45) is 28.4. The fraction of sp³-hybridized carbons (Fsp3) is 0.905. The normalized spacial score (nSPS) is 11.5. The fourth-order valence-corrected chi connectivity index (χ4v) is 2.92. The van der Waals surface area contributed by atoms with Gasteiger partial charge >= 0.3 is 0 Å². The molecule has 0 amide bonds. The van der Waals surface area contributed by atoms with E-state index in [2.05, 4.69) is 19.1 Å². The maximum atomic E-state index is 5.49. The van der Waals surface area contributed by atoms with Crippen molar-refractivity contribution in [2.45, 2.75) is 116 Å². The van der Waals surface area contributed by atoms with Crippen molar-refractivity contribution in [2.75, 3.05) is 6.54 Å². The standard InChI is InChI=1S/C21H43N/c1-2-3-4-5-6-7-8-9-10-11-12-13-14-15-16-17-18-19-20-21-22/h12-13H,2-11,14-22H2,1H3/b13-12-. The first kappa shape index (κ1) is 21.7. The van der Waals surface area contributed by atoms with Gasteiger partial charge in [-0.15, -0.1) is 0 Å². The van der Waals surface area contributed by atoms with Gasteiger partial charge in [0.25, 0.3) is 0 Å². The van der Waals surface area contributed by atoms with Crippen LogP contribution in [0.25, 0.3) is 0 Å². The van der Waals surface area contributed by atoms with Crippen LogP contribution in [0.3, 0.4) is 0 Å². The number of allylic oxidation sites excluding steroid dienone is 2. The molecule has 132 valence electrons. The van der Waals surface area contributed by atoms with Gasteiger partial charge in [0, 0.05) is 0 Å². The van der Waals surface area contributed by atoms with Crippen LogP contribution < -0.4 is 5.73 Å². The molecule has 0 aliphatic heterocycles. The molecule has 0 aliphatic rings. The van der Waals surface area contributed by atoms with Crippen LogP contribution in [0.15, 0.2) is 12.2 Å². The van der Waals surface area contributed by atoms with Crippen LogP contribution in [-0.4, -0.2) is 6.54 Å². The molecule has 0 saturated carbocycles. The lowest BCUT2D eigenvalue weighted by molar-refractivity contribution is 0.566. The van der Waals surface area contributed by atoms with Crippen molar-refractivity contribution in [1.82, 2.24) is 0 Å². The molecule has 1 nitrogen and oxygen atoms in total. The smallest absolute Gasteiger partial charge is 0.00773 e. The second-order valence-corrected chi connectivity index (χ2v) is 6.79. The summed E-state index contributed by atoms with van der Waals surface area (Å²) in [5.41, 5.74) is 5.49. The second-order valence-electron chi connectivity index (χ2n) is 6.79. The maximum absolute atomic E-state index is 5.49. The Hall–Kier alpha value is -0.300. The topological polar surface area (TPSA) is 26.0 Å². The van der Waals surface area contributed by atoms with Crippen molar-refractivity contribution in [2.24, 2.45) is 5.73 Å². The summed E-state index contributed by atoms with van der Waals surface area (Å²) in [5, 5.41) is 0. The molecule has 0 aromatic carbocycles. The summed E-state index contributed by atoms with van der Waals surface area (Å²) in [4.78, 5) is 0. The first-order valence-electron chi connectivity index (χ1n) is 10.3. The maximum Gasteiger partial charge on any atom is -0.00773 e. The molecular weight excluding hydrogens is 266 g/mol. The highest BCUT2D eigenvalue weighted by molar-refractivity contribution is 4.81. The third-order valence-electron chi connectivity index (χ3n) is 4.47. The van der Waals surface area contributed by atoms with E-state index in [1.165, 1.54) is 109 Å². The Bertz CT molecular complexity index is 210. The van der Waals surface area contributed by atoms with Gasteiger partial charge in [0.05, 0.1) is 0 Å². The minimum absolute atomic E-state index is 0.863. The van der Waals surface area contributed by atoms with Crippen molar-refractivity contribution < 1.29 is 0 Å². The van der Waals surface area contributed by atoms with Gasteiger partial charge in [-0.05, 0) is 38.6 Å². The lowest BCUT2D eigenvalue weighted by Gasteiger charge is -2.01. The molecule has 1 heteroatoms. The quantitative estimate of drug-likeness (QED) is 0.211. The fourth-order valence-electron chi connectivity index (χ4n) is 2.92. The van der Waals surface area contributed by atoms with Gasteiger partial charge in [-0.3, -0.25) is 0 Å². The predicted molar refractivity (Wildman–Crippen MR) is 102 cm³/mol. The van der Waals surface area contributed by atoms with Gasteiger partial charge in [-0.25, -0.2) is 0 Å². The summed E-state index contributed by atoms with van der Waals surface area (Å²) >= 11 is 0. The number of rotatable bonds is 18. The van der Waals surface area contributed by atoms with E-state index in [1.807, 2.05) is 0 Å². The van der Waals surface area contributed by atoms with Crippen LogP contribution in [0.4, 0.5) is 0 Å². The van der Waals surface area contributed by atoms with Gasteiger partial charge in [-0.2, -0.15) is 0 Å². The Balaban J connectivity index is 3.02. The predicted octanol–water partition coefficient (Wildman–Crippen LogP) is 7.15. The highest BCUT2D eigenvalue weighted by Crippen LogP contribution is 2.11. The first-order valence-corrected chi connectivity index (χ1v) is 10.3. The van der Waals surface area contributed by atoms with Gasteiger partial charge in [-0.1, -0.05) is 96.1 Å². The minimum atomic E-state index is 0.863. The molecule has 0 unspecified atom stereocenters. The van der Waals surface area contributed by atoms with E-state index in [4.69, 9.17) is 5.73 Å². The van der Waals surface area contributed by atoms with Crippen LogP contribution >= 0.6 is 0 Å². The number of hydrogen-bond donors (Lipinski definition) is 1. The van der Waals surface area contributed by atoms with Gasteiger partial charge in [0.2, 0.25) is 0 Å². The van der Waals surface area contributed by atoms with Crippen molar-refractivity contribution in [3.63, 3.8) is 0 Å². The second kappa shape index (κ2) is 20.7. The molecule has 0 saturated heterocycles. The van der Waals surface area contributed by atoms with Crippen LogP contribution in [0.1, 0.15) is 116 Å². The first-order chi connectivity index (χ1) is 10.9. The van der Waals surface area contributed by atoms with Crippen LogP contribution in [0.2, 0.25) is 0 Å². The van der Waals surface area contributed by atoms with Crippen molar-refractivity contribution in [3.05, 3.63) is 12.2 Å². The van der Waals surface area contributed by atoms with E-state index in [9.17, 15) is 0 Å². The van der Waals surface area contributed by atoms with Crippen molar-refractivity contribution in [3.8, 4) is 0 Å². The average molecular weight is 310 g/mol.